The average Bonchev–Trinajstić information content (AvgIpc) is 2.97. The lowest BCUT2D eigenvalue weighted by molar-refractivity contribution is -0.304. The normalized spacial score (nSPS) is 11.4. The molecule has 0 atom stereocenters. The number of benzene rings is 1. The van der Waals surface area contributed by atoms with Crippen LogP contribution in [0.4, 0.5) is 16.3 Å². The number of ether oxygens (including phenoxy) is 2. The Morgan fingerprint density at radius 2 is 2.04 bits per heavy atom. The van der Waals surface area contributed by atoms with Crippen molar-refractivity contribution in [2.75, 3.05) is 12.4 Å². The molecule has 0 aliphatic carbocycles. The maximum Gasteiger partial charge on any atom is 0.435 e. The van der Waals surface area contributed by atoms with Gasteiger partial charge in [-0.2, -0.15) is 19.7 Å². The van der Waals surface area contributed by atoms with Crippen LogP contribution in [0.2, 0.25) is 5.28 Å². The van der Waals surface area contributed by atoms with E-state index in [4.69, 9.17) is 21.1 Å². The predicted octanol–water partition coefficient (Wildman–Crippen LogP) is 3.06. The van der Waals surface area contributed by atoms with Gasteiger partial charge in [0.25, 0.3) is 0 Å². The predicted molar refractivity (Wildman–Crippen MR) is 93.8 cm³/mol. The highest BCUT2D eigenvalue weighted by Crippen LogP contribution is 2.27. The summed E-state index contributed by atoms with van der Waals surface area (Å²) in [5.74, 6) is 0.939. The second kappa shape index (κ2) is 6.80. The Labute approximate surface area is 155 Å². The van der Waals surface area contributed by atoms with Gasteiger partial charge in [0, 0.05) is 11.1 Å². The maximum absolute atomic E-state index is 12.2. The first-order valence-corrected chi connectivity index (χ1v) is 8.24. The van der Waals surface area contributed by atoms with Crippen molar-refractivity contribution in [3.63, 3.8) is 0 Å². The lowest BCUT2D eigenvalue weighted by atomic mass is 10.2. The number of nitrogens with zero attached hydrogens (tertiary/aromatic N) is 4. The van der Waals surface area contributed by atoms with Crippen LogP contribution in [0.1, 0.15) is 20.8 Å². The van der Waals surface area contributed by atoms with Crippen LogP contribution >= 0.6 is 0 Å². The summed E-state index contributed by atoms with van der Waals surface area (Å²) in [6.45, 7) is 5.42. The molecule has 3 aromatic rings. The van der Waals surface area contributed by atoms with E-state index in [0.29, 0.717) is 17.1 Å². The van der Waals surface area contributed by atoms with E-state index in [1.54, 1.807) is 39.1 Å². The molecule has 1 aromatic carbocycles. The number of halogens is 1. The third kappa shape index (κ3) is 3.85. The van der Waals surface area contributed by atoms with Gasteiger partial charge < -0.3 is 14.8 Å². The summed E-state index contributed by atoms with van der Waals surface area (Å²) in [5, 5.41) is 8.25. The Kier molecular flexibility index (Phi) is 4.69. The molecule has 0 saturated heterocycles. The second-order valence-corrected chi connectivity index (χ2v) is 6.87. The molecule has 26 heavy (non-hydrogen) atoms. The molecule has 0 fully saturated rings. The molecule has 1 N–H and O–H groups in total. The number of carbonyl (C=O) groups excluding carboxylic acids is 1. The van der Waals surface area contributed by atoms with E-state index < -0.39 is 11.7 Å². The summed E-state index contributed by atoms with van der Waals surface area (Å²) < 4.78 is 11.8. The van der Waals surface area contributed by atoms with Crippen molar-refractivity contribution < 1.29 is 25.9 Å². The van der Waals surface area contributed by atoms with Crippen molar-refractivity contribution in [3.05, 3.63) is 35.9 Å². The van der Waals surface area contributed by atoms with Crippen molar-refractivity contribution in [2.45, 2.75) is 26.4 Å². The number of anilines is 2. The number of aromatic nitrogens is 4. The molecule has 0 aliphatic rings. The second-order valence-electron chi connectivity index (χ2n) is 6.50. The Hall–Kier alpha value is -2.87. The van der Waals surface area contributed by atoms with Crippen molar-refractivity contribution >= 4 is 28.5 Å². The number of hydrogen-bond donors (Lipinski definition) is 1. The van der Waals surface area contributed by atoms with Crippen molar-refractivity contribution in [1.29, 1.82) is 0 Å². The summed E-state index contributed by atoms with van der Waals surface area (Å²) >= 11 is 4.99. The molecular formula is C17H19ClN5O3+. The van der Waals surface area contributed by atoms with E-state index in [0.717, 1.165) is 11.1 Å². The average molecular weight is 377 g/mol. The van der Waals surface area contributed by atoms with Gasteiger partial charge >= 0.3 is 11.4 Å². The number of carbonyl (C=O) groups is 1. The fraction of sp³-hybridized carbons (Fsp3) is 0.294. The van der Waals surface area contributed by atoms with E-state index in [1.165, 1.54) is 18.0 Å². The molecule has 0 spiro atoms. The minimum absolute atomic E-state index is 0.215. The molecule has 0 saturated carbocycles. The van der Waals surface area contributed by atoms with Crippen molar-refractivity contribution in [3.8, 4) is 5.75 Å². The van der Waals surface area contributed by atoms with Gasteiger partial charge in [-0.25, -0.2) is 4.79 Å². The van der Waals surface area contributed by atoms with Crippen LogP contribution in [0, 0.1) is 11.6 Å². The third-order valence-corrected chi connectivity index (χ3v) is 3.55. The van der Waals surface area contributed by atoms with Gasteiger partial charge in [-0.3, -0.25) is 0 Å². The number of methoxy groups -OCH3 is 1. The molecule has 3 rings (SSSR count). The fourth-order valence-electron chi connectivity index (χ4n) is 2.29. The van der Waals surface area contributed by atoms with Gasteiger partial charge in [0.05, 0.1) is 25.0 Å². The van der Waals surface area contributed by atoms with Crippen molar-refractivity contribution in [1.82, 2.24) is 19.7 Å². The summed E-state index contributed by atoms with van der Waals surface area (Å²) in [6.07, 6.45) is 2.58. The molecule has 0 unspecified atom stereocenters. The lowest BCUT2D eigenvalue weighted by Gasteiger charge is -2.19. The van der Waals surface area contributed by atoms with E-state index in [9.17, 15) is 4.79 Å². The highest BCUT2D eigenvalue weighted by atomic mass is 35.5. The first-order chi connectivity index (χ1) is 12.3. The van der Waals surface area contributed by atoms with Crippen LogP contribution in [0.15, 0.2) is 30.6 Å². The molecule has 2 aromatic heterocycles. The van der Waals surface area contributed by atoms with E-state index in [2.05, 4.69) is 20.4 Å². The maximum atomic E-state index is 12.2. The molecule has 2 heterocycles. The third-order valence-electron chi connectivity index (χ3n) is 3.35. The Balaban J connectivity index is 1.90. The lowest BCUT2D eigenvalue weighted by Crippen LogP contribution is -2.27. The Morgan fingerprint density at radius 3 is 2.73 bits per heavy atom. The smallest absolute Gasteiger partial charge is 0.435 e. The van der Waals surface area contributed by atoms with Gasteiger partial charge in [0.1, 0.15) is 5.60 Å². The monoisotopic (exact) mass is 376 g/mol. The number of hydrogen-bond acceptors (Lipinski definition) is 7. The van der Waals surface area contributed by atoms with Crippen molar-refractivity contribution in [2.24, 2.45) is 0 Å². The van der Waals surface area contributed by atoms with E-state index in [1.807, 2.05) is 6.07 Å². The minimum atomic E-state index is -0.595. The molecule has 0 aliphatic heterocycles. The minimum Gasteiger partial charge on any atom is -0.491 e. The molecule has 0 amide bonds. The first-order valence-electron chi connectivity index (χ1n) is 7.83. The summed E-state index contributed by atoms with van der Waals surface area (Å²) in [4.78, 5) is 20.3. The van der Waals surface area contributed by atoms with Crippen LogP contribution in [0.3, 0.4) is 0 Å². The largest absolute Gasteiger partial charge is 0.491 e. The standard InChI is InChI=1S/C17H19ClN5O3/c1-17(2,3)26-16(24)23-12-6-5-11(7-10(12)8-20-23)21-14-13(25-4)9-19-15(18)22-14/h5-9,18H,1-4H3,(H,19,21,22)/q+1. The number of rotatable bonds is 3. The number of fused-ring (bicyclic) bond motifs is 1. The fourth-order valence-corrected chi connectivity index (χ4v) is 2.44. The van der Waals surface area contributed by atoms with Gasteiger partial charge in [-0.15, -0.1) is 0 Å². The van der Waals surface area contributed by atoms with Gasteiger partial charge in [-0.05, 0) is 39.0 Å². The number of nitrogens with one attached hydrogen (secondary N) is 1. The molecule has 8 nitrogen and oxygen atoms in total. The van der Waals surface area contributed by atoms with Gasteiger partial charge in [-0.1, -0.05) is 0 Å². The van der Waals surface area contributed by atoms with Crippen LogP contribution in [-0.2, 0) is 4.74 Å². The highest BCUT2D eigenvalue weighted by Gasteiger charge is 2.20. The highest BCUT2D eigenvalue weighted by molar-refractivity contribution is 5.90. The Bertz CT molecular complexity index is 965. The Morgan fingerprint density at radius 1 is 1.27 bits per heavy atom. The van der Waals surface area contributed by atoms with Crippen LogP contribution in [-0.4, -0.2) is 38.6 Å². The van der Waals surface area contributed by atoms with E-state index >= 15 is 0 Å². The SMILES string of the molecule is COc1cnc([ClH+])nc1Nc1ccc2c(cnn2C(=O)OC(C)(C)C)c1. The van der Waals surface area contributed by atoms with Gasteiger partial charge in [0.2, 0.25) is 0 Å². The zero-order valence-electron chi connectivity index (χ0n) is 14.8. The zero-order valence-corrected chi connectivity index (χ0v) is 15.6. The van der Waals surface area contributed by atoms with Crippen LogP contribution in [0.25, 0.3) is 10.9 Å². The quantitative estimate of drug-likeness (QED) is 0.702. The summed E-state index contributed by atoms with van der Waals surface area (Å²) in [7, 11) is 1.53. The summed E-state index contributed by atoms with van der Waals surface area (Å²) in [6, 6.07) is 5.42. The van der Waals surface area contributed by atoms with Crippen LogP contribution in [0.5, 0.6) is 5.75 Å². The topological polar surface area (TPSA) is 91.2 Å². The molecule has 0 bridgehead atoms. The molecule has 136 valence electrons. The molecule has 9 heteroatoms. The molecule has 0 radical (unpaired) electrons. The first kappa shape index (κ1) is 17.9. The zero-order chi connectivity index (χ0) is 18.9. The molecular weight excluding hydrogens is 358 g/mol. The van der Waals surface area contributed by atoms with Gasteiger partial charge in [0.15, 0.2) is 23.2 Å². The van der Waals surface area contributed by atoms with E-state index in [-0.39, 0.29) is 5.28 Å². The summed E-state index contributed by atoms with van der Waals surface area (Å²) in [5.41, 5.74) is 0.790. The van der Waals surface area contributed by atoms with Crippen LogP contribution < -0.4 is 10.1 Å².